The van der Waals surface area contributed by atoms with Gasteiger partial charge in [-0.2, -0.15) is 10.5 Å². The highest BCUT2D eigenvalue weighted by molar-refractivity contribution is 8.00. The zero-order chi connectivity index (χ0) is 24.2. The number of para-hydroxylation sites is 1. The topological polar surface area (TPSA) is 128 Å². The molecule has 2 aromatic carbocycles. The lowest BCUT2D eigenvalue weighted by Gasteiger charge is -2.16. The molecule has 166 valence electrons. The predicted molar refractivity (Wildman–Crippen MR) is 134 cm³/mol. The van der Waals surface area contributed by atoms with Crippen LogP contribution in [0.2, 0.25) is 0 Å². The predicted octanol–water partition coefficient (Wildman–Crippen LogP) is 5.05. The molecular formula is C26H20N6OS. The quantitative estimate of drug-likeness (QED) is 0.395. The van der Waals surface area contributed by atoms with E-state index in [-0.39, 0.29) is 22.9 Å². The molecule has 34 heavy (non-hydrogen) atoms. The van der Waals surface area contributed by atoms with Gasteiger partial charge in [0, 0.05) is 16.6 Å². The number of amides is 1. The molecule has 4 aromatic rings. The van der Waals surface area contributed by atoms with E-state index in [1.807, 2.05) is 55.5 Å². The number of nitrogens with one attached hydrogen (secondary N) is 1. The molecule has 1 unspecified atom stereocenters. The van der Waals surface area contributed by atoms with Crippen LogP contribution in [0.4, 0.5) is 11.5 Å². The number of carbonyl (C=O) groups excluding carboxylic acids is 1. The first-order valence-corrected chi connectivity index (χ1v) is 11.3. The van der Waals surface area contributed by atoms with Gasteiger partial charge in [0.25, 0.3) is 0 Å². The summed E-state index contributed by atoms with van der Waals surface area (Å²) in [7, 11) is 0. The highest BCUT2D eigenvalue weighted by atomic mass is 32.2. The van der Waals surface area contributed by atoms with Crippen molar-refractivity contribution in [3.63, 3.8) is 0 Å². The van der Waals surface area contributed by atoms with Gasteiger partial charge in [-0.15, -0.1) is 0 Å². The molecule has 4 rings (SSSR count). The Kier molecular flexibility index (Phi) is 6.44. The lowest BCUT2D eigenvalue weighted by atomic mass is 9.97. The summed E-state index contributed by atoms with van der Waals surface area (Å²) in [6, 6.07) is 22.7. The summed E-state index contributed by atoms with van der Waals surface area (Å²) < 4.78 is 0. The van der Waals surface area contributed by atoms with Crippen LogP contribution in [-0.2, 0) is 4.79 Å². The molecule has 2 heterocycles. The highest BCUT2D eigenvalue weighted by Crippen LogP contribution is 2.37. The van der Waals surface area contributed by atoms with Gasteiger partial charge in [-0.25, -0.2) is 4.98 Å². The van der Waals surface area contributed by atoms with Crippen molar-refractivity contribution in [2.24, 2.45) is 0 Å². The van der Waals surface area contributed by atoms with Crippen LogP contribution in [0, 0.1) is 29.6 Å². The molecule has 0 saturated carbocycles. The van der Waals surface area contributed by atoms with E-state index < -0.39 is 5.25 Å². The number of hydrogen-bond acceptors (Lipinski definition) is 7. The Morgan fingerprint density at radius 3 is 2.41 bits per heavy atom. The lowest BCUT2D eigenvalue weighted by Crippen LogP contribution is -2.23. The van der Waals surface area contributed by atoms with Gasteiger partial charge in [0.1, 0.15) is 28.5 Å². The Morgan fingerprint density at radius 1 is 1.03 bits per heavy atom. The molecule has 3 N–H and O–H groups in total. The van der Waals surface area contributed by atoms with Crippen LogP contribution in [0.25, 0.3) is 22.0 Å². The molecular weight excluding hydrogens is 444 g/mol. The average Bonchev–Trinajstić information content (AvgIpc) is 2.84. The fourth-order valence-corrected chi connectivity index (χ4v) is 4.56. The van der Waals surface area contributed by atoms with Crippen molar-refractivity contribution in [3.8, 4) is 23.3 Å². The molecule has 8 heteroatoms. The number of aryl methyl sites for hydroxylation is 1. The number of pyridine rings is 2. The fraction of sp³-hybridized carbons (Fsp3) is 0.115. The first kappa shape index (κ1) is 22.8. The summed E-state index contributed by atoms with van der Waals surface area (Å²) in [5.41, 5.74) is 9.79. The van der Waals surface area contributed by atoms with E-state index in [4.69, 9.17) is 5.73 Å². The van der Waals surface area contributed by atoms with E-state index in [1.165, 1.54) is 0 Å². The second kappa shape index (κ2) is 9.62. The molecule has 0 radical (unpaired) electrons. The standard InChI is InChI=1S/C26H20N6OS/c1-15-12-22(18-10-6-7-11-21(18)30-15)31-25(33)16(2)34-26-20(14-28)23(17-8-4-3-5-9-17)19(13-27)24(29)32-26/h3-12,16H,1-2H3,(H2,29,32)(H,30,31,33). The molecule has 0 spiro atoms. The number of nitrogens with zero attached hydrogens (tertiary/aromatic N) is 4. The van der Waals surface area contributed by atoms with Crippen molar-refractivity contribution in [1.82, 2.24) is 9.97 Å². The Morgan fingerprint density at radius 2 is 1.71 bits per heavy atom. The molecule has 0 aliphatic rings. The maximum absolute atomic E-state index is 13.1. The molecule has 0 saturated heterocycles. The number of benzene rings is 2. The van der Waals surface area contributed by atoms with Gasteiger partial charge in [0.2, 0.25) is 5.91 Å². The third kappa shape index (κ3) is 4.40. The number of hydrogen-bond donors (Lipinski definition) is 2. The van der Waals surface area contributed by atoms with Crippen molar-refractivity contribution in [2.45, 2.75) is 24.1 Å². The Hall–Kier alpha value is -4.40. The van der Waals surface area contributed by atoms with E-state index in [9.17, 15) is 15.3 Å². The summed E-state index contributed by atoms with van der Waals surface area (Å²) in [6.45, 7) is 3.60. The van der Waals surface area contributed by atoms with Crippen molar-refractivity contribution in [1.29, 1.82) is 10.5 Å². The third-order valence-corrected chi connectivity index (χ3v) is 6.32. The number of nitriles is 2. The molecule has 2 aromatic heterocycles. The molecule has 0 fully saturated rings. The Balaban J connectivity index is 1.68. The van der Waals surface area contributed by atoms with Crippen molar-refractivity contribution >= 4 is 40.1 Å². The number of anilines is 2. The minimum Gasteiger partial charge on any atom is -0.383 e. The maximum Gasteiger partial charge on any atom is 0.237 e. The number of thioether (sulfide) groups is 1. The van der Waals surface area contributed by atoms with E-state index in [0.29, 0.717) is 21.8 Å². The molecule has 7 nitrogen and oxygen atoms in total. The van der Waals surface area contributed by atoms with Crippen LogP contribution < -0.4 is 11.1 Å². The van der Waals surface area contributed by atoms with E-state index in [1.54, 1.807) is 19.1 Å². The number of aromatic nitrogens is 2. The van der Waals surface area contributed by atoms with Gasteiger partial charge in [-0.3, -0.25) is 9.78 Å². The zero-order valence-electron chi connectivity index (χ0n) is 18.5. The normalized spacial score (nSPS) is 11.4. The van der Waals surface area contributed by atoms with Gasteiger partial charge in [0.15, 0.2) is 0 Å². The first-order chi connectivity index (χ1) is 16.4. The summed E-state index contributed by atoms with van der Waals surface area (Å²) in [6.07, 6.45) is 0. The number of rotatable bonds is 5. The summed E-state index contributed by atoms with van der Waals surface area (Å²) in [5, 5.41) is 23.1. The molecule has 0 aliphatic heterocycles. The zero-order valence-corrected chi connectivity index (χ0v) is 19.4. The van der Waals surface area contributed by atoms with Crippen LogP contribution in [0.1, 0.15) is 23.7 Å². The first-order valence-electron chi connectivity index (χ1n) is 10.5. The highest BCUT2D eigenvalue weighted by Gasteiger charge is 2.24. The van der Waals surface area contributed by atoms with Crippen LogP contribution in [0.15, 0.2) is 65.7 Å². The number of carbonyl (C=O) groups is 1. The van der Waals surface area contributed by atoms with Gasteiger partial charge >= 0.3 is 0 Å². The molecule has 1 atom stereocenters. The monoisotopic (exact) mass is 464 g/mol. The molecule has 0 aliphatic carbocycles. The summed E-state index contributed by atoms with van der Waals surface area (Å²) in [4.78, 5) is 21.9. The third-order valence-electron chi connectivity index (χ3n) is 5.24. The summed E-state index contributed by atoms with van der Waals surface area (Å²) >= 11 is 1.12. The minimum absolute atomic E-state index is 0.0196. The van der Waals surface area contributed by atoms with Crippen molar-refractivity contribution in [3.05, 3.63) is 77.5 Å². The Bertz CT molecular complexity index is 1490. The molecule has 0 bridgehead atoms. The van der Waals surface area contributed by atoms with Gasteiger partial charge < -0.3 is 11.1 Å². The fourth-order valence-electron chi connectivity index (χ4n) is 3.64. The Labute approximate surface area is 201 Å². The lowest BCUT2D eigenvalue weighted by molar-refractivity contribution is -0.115. The van der Waals surface area contributed by atoms with Crippen molar-refractivity contribution in [2.75, 3.05) is 11.1 Å². The smallest absolute Gasteiger partial charge is 0.237 e. The van der Waals surface area contributed by atoms with E-state index >= 15 is 0 Å². The van der Waals surface area contributed by atoms with Gasteiger partial charge in [-0.05, 0) is 31.5 Å². The summed E-state index contributed by atoms with van der Waals surface area (Å²) in [5.74, 6) is -0.234. The minimum atomic E-state index is -0.595. The van der Waals surface area contributed by atoms with Gasteiger partial charge in [-0.1, -0.05) is 60.3 Å². The number of nitrogens with two attached hydrogens (primary N) is 1. The van der Waals surface area contributed by atoms with Crippen LogP contribution in [0.3, 0.4) is 0 Å². The second-order valence-electron chi connectivity index (χ2n) is 7.59. The number of nitrogen functional groups attached to an aromatic ring is 1. The maximum atomic E-state index is 13.1. The molecule has 1 amide bonds. The largest absolute Gasteiger partial charge is 0.383 e. The number of fused-ring (bicyclic) bond motifs is 1. The van der Waals surface area contributed by atoms with Crippen LogP contribution >= 0.6 is 11.8 Å². The van der Waals surface area contributed by atoms with Crippen molar-refractivity contribution < 1.29 is 4.79 Å². The van der Waals surface area contributed by atoms with E-state index in [2.05, 4.69) is 27.4 Å². The van der Waals surface area contributed by atoms with Crippen LogP contribution in [-0.4, -0.2) is 21.1 Å². The van der Waals surface area contributed by atoms with E-state index in [0.717, 1.165) is 28.4 Å². The second-order valence-corrected chi connectivity index (χ2v) is 8.92. The average molecular weight is 465 g/mol. The van der Waals surface area contributed by atoms with Crippen LogP contribution in [0.5, 0.6) is 0 Å². The SMILES string of the molecule is Cc1cc(NC(=O)C(C)Sc2nc(N)c(C#N)c(-c3ccccc3)c2C#N)c2ccccc2n1. The van der Waals surface area contributed by atoms with Gasteiger partial charge in [0.05, 0.1) is 22.0 Å².